The summed E-state index contributed by atoms with van der Waals surface area (Å²) in [6.07, 6.45) is 3.22. The van der Waals surface area contributed by atoms with E-state index in [0.717, 1.165) is 5.69 Å². The Balaban J connectivity index is 1.64. The number of aryl methyl sites for hydroxylation is 1. The first-order valence-electron chi connectivity index (χ1n) is 9.67. The maximum absolute atomic E-state index is 12.6. The Morgan fingerprint density at radius 3 is 2.52 bits per heavy atom. The van der Waals surface area contributed by atoms with Gasteiger partial charge < -0.3 is 15.2 Å². The van der Waals surface area contributed by atoms with E-state index in [1.54, 1.807) is 38.4 Å². The molecule has 31 heavy (non-hydrogen) atoms. The first-order chi connectivity index (χ1) is 14.6. The molecule has 1 unspecified atom stereocenters. The molecule has 0 aliphatic carbocycles. The van der Waals surface area contributed by atoms with Crippen LogP contribution in [0.1, 0.15) is 39.1 Å². The normalized spacial score (nSPS) is 12.4. The van der Waals surface area contributed by atoms with Gasteiger partial charge in [-0.3, -0.25) is 9.59 Å². The number of hydrogen-bond acceptors (Lipinski definition) is 8. The van der Waals surface area contributed by atoms with Gasteiger partial charge in [0.15, 0.2) is 5.82 Å². The van der Waals surface area contributed by atoms with Gasteiger partial charge in [-0.05, 0) is 19.9 Å². The summed E-state index contributed by atoms with van der Waals surface area (Å²) in [5, 5.41) is 13.3. The number of carbonyl (C=O) groups is 2. The highest BCUT2D eigenvalue weighted by Crippen LogP contribution is 2.25. The summed E-state index contributed by atoms with van der Waals surface area (Å²) in [5.41, 5.74) is 0.568. The molecular formula is C20H25N7O3S. The van der Waals surface area contributed by atoms with E-state index in [1.165, 1.54) is 16.4 Å². The van der Waals surface area contributed by atoms with E-state index in [1.807, 2.05) is 26.8 Å². The average Bonchev–Trinajstić information content (AvgIpc) is 3.32. The highest BCUT2D eigenvalue weighted by molar-refractivity contribution is 8.01. The number of hydrogen-bond donors (Lipinski definition) is 2. The van der Waals surface area contributed by atoms with Crippen molar-refractivity contribution in [3.8, 4) is 5.95 Å². The Hall–Kier alpha value is -3.21. The first-order valence-corrected chi connectivity index (χ1v) is 10.7. The molecule has 3 heterocycles. The molecule has 0 bridgehead atoms. The van der Waals surface area contributed by atoms with Crippen LogP contribution in [-0.4, -0.2) is 47.7 Å². The summed E-state index contributed by atoms with van der Waals surface area (Å²) in [5.74, 6) is 1.33. The highest BCUT2D eigenvalue weighted by atomic mass is 32.2. The lowest BCUT2D eigenvalue weighted by Crippen LogP contribution is -2.25. The zero-order valence-electron chi connectivity index (χ0n) is 18.0. The second-order valence-electron chi connectivity index (χ2n) is 7.94. The smallest absolute Gasteiger partial charge is 0.252 e. The fourth-order valence-corrected chi connectivity index (χ4v) is 3.18. The van der Waals surface area contributed by atoms with Crippen LogP contribution in [0.25, 0.3) is 5.95 Å². The second-order valence-corrected chi connectivity index (χ2v) is 9.27. The van der Waals surface area contributed by atoms with Crippen LogP contribution >= 0.6 is 11.8 Å². The summed E-state index contributed by atoms with van der Waals surface area (Å²) >= 11 is 1.21. The lowest BCUT2D eigenvalue weighted by Gasteiger charge is -2.13. The van der Waals surface area contributed by atoms with E-state index in [2.05, 4.69) is 30.9 Å². The standard InChI is InChI=1S/C20H25N7O3S/c1-12-9-15(26-30-12)23-18(29)13(2)31-11-17(28)24-16-10-14(20(3,4)5)25-27(16)19-21-7-6-8-22-19/h6-10,13H,11H2,1-5H3,(H,24,28)(H,23,26,29). The summed E-state index contributed by atoms with van der Waals surface area (Å²) in [6, 6.07) is 5.14. The maximum Gasteiger partial charge on any atom is 0.252 e. The molecule has 0 aromatic carbocycles. The zero-order valence-corrected chi connectivity index (χ0v) is 18.9. The molecule has 0 spiro atoms. The summed E-state index contributed by atoms with van der Waals surface area (Å²) in [7, 11) is 0. The van der Waals surface area contributed by atoms with E-state index < -0.39 is 5.25 Å². The van der Waals surface area contributed by atoms with Crippen molar-refractivity contribution in [2.45, 2.75) is 45.3 Å². The lowest BCUT2D eigenvalue weighted by molar-refractivity contribution is -0.115. The van der Waals surface area contributed by atoms with Gasteiger partial charge in [0.2, 0.25) is 11.8 Å². The minimum atomic E-state index is -0.463. The van der Waals surface area contributed by atoms with Crippen molar-refractivity contribution in [3.05, 3.63) is 42.0 Å². The van der Waals surface area contributed by atoms with Crippen molar-refractivity contribution in [1.29, 1.82) is 0 Å². The summed E-state index contributed by atoms with van der Waals surface area (Å²) < 4.78 is 6.44. The molecule has 2 amide bonds. The van der Waals surface area contributed by atoms with Crippen LogP contribution in [0.4, 0.5) is 11.6 Å². The zero-order chi connectivity index (χ0) is 22.6. The maximum atomic E-state index is 12.6. The SMILES string of the molecule is Cc1cc(NC(=O)C(C)SCC(=O)Nc2cc(C(C)(C)C)nn2-c2ncccn2)no1. The van der Waals surface area contributed by atoms with Crippen LogP contribution in [0.15, 0.2) is 35.1 Å². The number of thioether (sulfide) groups is 1. The predicted molar refractivity (Wildman–Crippen MR) is 118 cm³/mol. The third kappa shape index (κ3) is 5.91. The fraction of sp³-hybridized carbons (Fsp3) is 0.400. The number of carbonyl (C=O) groups excluding carboxylic acids is 2. The molecule has 3 rings (SSSR count). The van der Waals surface area contributed by atoms with E-state index in [0.29, 0.717) is 23.3 Å². The van der Waals surface area contributed by atoms with Crippen LogP contribution in [0.3, 0.4) is 0 Å². The Kier molecular flexibility index (Phi) is 6.74. The minimum absolute atomic E-state index is 0.0815. The molecular weight excluding hydrogens is 418 g/mol. The van der Waals surface area contributed by atoms with Gasteiger partial charge in [-0.15, -0.1) is 11.8 Å². The number of nitrogens with zero attached hydrogens (tertiary/aromatic N) is 5. The van der Waals surface area contributed by atoms with Crippen molar-refractivity contribution in [1.82, 2.24) is 24.9 Å². The van der Waals surface area contributed by atoms with Crippen molar-refractivity contribution in [2.24, 2.45) is 0 Å². The highest BCUT2D eigenvalue weighted by Gasteiger charge is 2.23. The molecule has 1 atom stereocenters. The van der Waals surface area contributed by atoms with Crippen LogP contribution in [0.5, 0.6) is 0 Å². The molecule has 0 aliphatic heterocycles. The molecule has 0 radical (unpaired) electrons. The van der Waals surface area contributed by atoms with Gasteiger partial charge in [-0.1, -0.05) is 25.9 Å². The van der Waals surface area contributed by atoms with Crippen LogP contribution < -0.4 is 10.6 Å². The molecule has 0 fully saturated rings. The number of nitrogens with one attached hydrogen (secondary N) is 2. The van der Waals surface area contributed by atoms with Gasteiger partial charge in [0.25, 0.3) is 5.95 Å². The molecule has 0 aliphatic rings. The van der Waals surface area contributed by atoms with Gasteiger partial charge in [-0.2, -0.15) is 9.78 Å². The Morgan fingerprint density at radius 2 is 1.90 bits per heavy atom. The molecule has 2 N–H and O–H groups in total. The van der Waals surface area contributed by atoms with Crippen molar-refractivity contribution >= 4 is 35.2 Å². The quantitative estimate of drug-likeness (QED) is 0.570. The summed E-state index contributed by atoms with van der Waals surface area (Å²) in [6.45, 7) is 9.55. The third-order valence-electron chi connectivity index (χ3n) is 4.20. The first kappa shape index (κ1) is 22.5. The molecule has 11 heteroatoms. The Bertz CT molecular complexity index is 1060. The number of rotatable bonds is 7. The van der Waals surface area contributed by atoms with Crippen molar-refractivity contribution in [2.75, 3.05) is 16.4 Å². The fourth-order valence-electron chi connectivity index (χ4n) is 2.50. The van der Waals surface area contributed by atoms with Gasteiger partial charge in [0, 0.05) is 29.9 Å². The Labute approximate surface area is 184 Å². The van der Waals surface area contributed by atoms with Gasteiger partial charge >= 0.3 is 0 Å². The molecule has 3 aromatic heterocycles. The number of anilines is 2. The molecule has 0 saturated heterocycles. The van der Waals surface area contributed by atoms with Crippen molar-refractivity contribution < 1.29 is 14.1 Å². The average molecular weight is 444 g/mol. The second kappa shape index (κ2) is 9.29. The number of aromatic nitrogens is 5. The molecule has 0 saturated carbocycles. The van der Waals surface area contributed by atoms with Crippen LogP contribution in [0, 0.1) is 6.92 Å². The van der Waals surface area contributed by atoms with Crippen LogP contribution in [0.2, 0.25) is 0 Å². The largest absolute Gasteiger partial charge is 0.360 e. The number of amides is 2. The minimum Gasteiger partial charge on any atom is -0.360 e. The molecule has 10 nitrogen and oxygen atoms in total. The predicted octanol–water partition coefficient (Wildman–Crippen LogP) is 2.96. The molecule has 3 aromatic rings. The van der Waals surface area contributed by atoms with Gasteiger partial charge in [-0.25, -0.2) is 9.97 Å². The van der Waals surface area contributed by atoms with Gasteiger partial charge in [0.1, 0.15) is 11.6 Å². The van der Waals surface area contributed by atoms with Crippen molar-refractivity contribution in [3.63, 3.8) is 0 Å². The Morgan fingerprint density at radius 1 is 1.19 bits per heavy atom. The molecule has 164 valence electrons. The monoisotopic (exact) mass is 443 g/mol. The lowest BCUT2D eigenvalue weighted by atomic mass is 9.92. The van der Waals surface area contributed by atoms with Crippen LogP contribution in [-0.2, 0) is 15.0 Å². The van der Waals surface area contributed by atoms with E-state index in [-0.39, 0.29) is 23.0 Å². The summed E-state index contributed by atoms with van der Waals surface area (Å²) in [4.78, 5) is 33.3. The van der Waals surface area contributed by atoms with E-state index >= 15 is 0 Å². The van der Waals surface area contributed by atoms with E-state index in [9.17, 15) is 9.59 Å². The van der Waals surface area contributed by atoms with Gasteiger partial charge in [0.05, 0.1) is 16.7 Å². The van der Waals surface area contributed by atoms with E-state index in [4.69, 9.17) is 4.52 Å². The topological polar surface area (TPSA) is 128 Å². The third-order valence-corrected chi connectivity index (χ3v) is 5.34.